The van der Waals surface area contributed by atoms with E-state index >= 15 is 0 Å². The maximum Gasteiger partial charge on any atom is 0.340 e. The maximum absolute atomic E-state index is 12.9. The molecule has 0 atom stereocenters. The summed E-state index contributed by atoms with van der Waals surface area (Å²) in [5.74, 6) is 0.234. The fourth-order valence-electron chi connectivity index (χ4n) is 2.89. The Bertz CT molecular complexity index is 824. The zero-order valence-corrected chi connectivity index (χ0v) is 16.6. The maximum atomic E-state index is 12.9. The third-order valence-corrected chi connectivity index (χ3v) is 4.28. The van der Waals surface area contributed by atoms with Gasteiger partial charge >= 0.3 is 5.97 Å². The Hall–Kier alpha value is -3.06. The molecule has 1 heterocycles. The van der Waals surface area contributed by atoms with E-state index in [-0.39, 0.29) is 17.1 Å². The van der Waals surface area contributed by atoms with Crippen LogP contribution in [0.25, 0.3) is 6.08 Å². The second kappa shape index (κ2) is 9.75. The molecule has 0 bridgehead atoms. The first kappa shape index (κ1) is 21.2. The first-order valence-corrected chi connectivity index (χ1v) is 8.72. The number of carbonyl (C=O) groups is 2. The van der Waals surface area contributed by atoms with Crippen molar-refractivity contribution < 1.29 is 28.5 Å². The van der Waals surface area contributed by atoms with E-state index in [0.29, 0.717) is 42.5 Å². The number of nitrogens with zero attached hydrogens (tertiary/aromatic N) is 1. The van der Waals surface area contributed by atoms with Crippen molar-refractivity contribution in [1.82, 2.24) is 4.90 Å². The summed E-state index contributed by atoms with van der Waals surface area (Å²) in [5.41, 5.74) is 1.74. The second-order valence-electron chi connectivity index (χ2n) is 5.97. The Morgan fingerprint density at radius 2 is 1.96 bits per heavy atom. The average Bonchev–Trinajstić information content (AvgIpc) is 2.94. The Labute approximate surface area is 164 Å². The van der Waals surface area contributed by atoms with Crippen molar-refractivity contribution in [1.29, 1.82) is 0 Å². The molecule has 1 aromatic carbocycles. The molecule has 2 rings (SSSR count). The smallest absolute Gasteiger partial charge is 0.340 e. The lowest BCUT2D eigenvalue weighted by Gasteiger charge is -2.16. The summed E-state index contributed by atoms with van der Waals surface area (Å²) in [5, 5.41) is 0. The molecular formula is C21H25NO6. The van der Waals surface area contributed by atoms with E-state index in [1.807, 2.05) is 0 Å². The molecule has 0 spiro atoms. The molecule has 0 aromatic heterocycles. The molecule has 7 heteroatoms. The molecule has 0 aliphatic carbocycles. The topological polar surface area (TPSA) is 74.3 Å². The number of carbonyl (C=O) groups excluding carboxylic acids is 2. The molecule has 1 aromatic rings. The van der Waals surface area contributed by atoms with Gasteiger partial charge in [0.15, 0.2) is 11.5 Å². The van der Waals surface area contributed by atoms with E-state index < -0.39 is 5.97 Å². The minimum Gasteiger partial charge on any atom is -0.493 e. The molecule has 7 nitrogen and oxygen atoms in total. The van der Waals surface area contributed by atoms with Gasteiger partial charge in [-0.05, 0) is 30.7 Å². The number of ether oxygens (including phenoxy) is 4. The van der Waals surface area contributed by atoms with Crippen LogP contribution in [0.2, 0.25) is 0 Å². The summed E-state index contributed by atoms with van der Waals surface area (Å²) in [4.78, 5) is 26.7. The van der Waals surface area contributed by atoms with Crippen LogP contribution in [0.3, 0.4) is 0 Å². The van der Waals surface area contributed by atoms with Crippen LogP contribution in [0, 0.1) is 0 Å². The van der Waals surface area contributed by atoms with Crippen LogP contribution in [0.1, 0.15) is 12.5 Å². The SMILES string of the molecule is C=CCOc1ccc(/C=C2\C(=O)N(CCOC)C(C)=C2C(=O)OC)cc1OC. The van der Waals surface area contributed by atoms with Gasteiger partial charge < -0.3 is 23.8 Å². The Kier molecular flexibility index (Phi) is 7.40. The first-order chi connectivity index (χ1) is 13.5. The number of hydrogen-bond acceptors (Lipinski definition) is 6. The minimum absolute atomic E-state index is 0.245. The molecule has 28 heavy (non-hydrogen) atoms. The van der Waals surface area contributed by atoms with Crippen LogP contribution < -0.4 is 9.47 Å². The highest BCUT2D eigenvalue weighted by molar-refractivity contribution is 6.16. The monoisotopic (exact) mass is 387 g/mol. The van der Waals surface area contributed by atoms with Gasteiger partial charge in [-0.15, -0.1) is 0 Å². The van der Waals surface area contributed by atoms with Crippen LogP contribution in [-0.2, 0) is 19.1 Å². The quantitative estimate of drug-likeness (QED) is 0.368. The molecule has 0 N–H and O–H groups in total. The van der Waals surface area contributed by atoms with Crippen molar-refractivity contribution in [3.63, 3.8) is 0 Å². The van der Waals surface area contributed by atoms with Gasteiger partial charge in [-0.25, -0.2) is 4.79 Å². The summed E-state index contributed by atoms with van der Waals surface area (Å²) in [7, 11) is 4.38. The summed E-state index contributed by atoms with van der Waals surface area (Å²) in [6.07, 6.45) is 3.28. The number of esters is 1. The molecule has 0 unspecified atom stereocenters. The highest BCUT2D eigenvalue weighted by atomic mass is 16.5. The predicted molar refractivity (Wildman–Crippen MR) is 105 cm³/mol. The van der Waals surface area contributed by atoms with Crippen LogP contribution in [0.5, 0.6) is 11.5 Å². The zero-order valence-electron chi connectivity index (χ0n) is 16.6. The van der Waals surface area contributed by atoms with Crippen molar-refractivity contribution in [2.45, 2.75) is 6.92 Å². The standard InChI is InChI=1S/C21H25NO6/c1-6-10-28-17-8-7-15(13-18(17)26-4)12-16-19(21(24)27-5)14(2)22(20(16)23)9-11-25-3/h6-8,12-13H,1,9-11H2,2-5H3/b16-12-. The predicted octanol–water partition coefficient (Wildman–Crippen LogP) is 2.58. The largest absolute Gasteiger partial charge is 0.493 e. The van der Waals surface area contributed by atoms with Gasteiger partial charge in [-0.2, -0.15) is 0 Å². The van der Waals surface area contributed by atoms with Crippen LogP contribution >= 0.6 is 0 Å². The number of allylic oxidation sites excluding steroid dienone is 1. The Balaban J connectivity index is 2.45. The Morgan fingerprint density at radius 3 is 2.57 bits per heavy atom. The van der Waals surface area contributed by atoms with Gasteiger partial charge in [0.2, 0.25) is 0 Å². The third-order valence-electron chi connectivity index (χ3n) is 4.28. The third kappa shape index (κ3) is 4.43. The molecule has 0 fully saturated rings. The van der Waals surface area contributed by atoms with Gasteiger partial charge in [0.1, 0.15) is 6.61 Å². The molecule has 0 saturated heterocycles. The van der Waals surface area contributed by atoms with Gasteiger partial charge in [0.05, 0.1) is 32.0 Å². The molecule has 150 valence electrons. The molecule has 1 aliphatic rings. The van der Waals surface area contributed by atoms with Crippen LogP contribution in [0.4, 0.5) is 0 Å². The van der Waals surface area contributed by atoms with Gasteiger partial charge in [0.25, 0.3) is 5.91 Å². The van der Waals surface area contributed by atoms with E-state index in [0.717, 1.165) is 0 Å². The fourth-order valence-corrected chi connectivity index (χ4v) is 2.89. The summed E-state index contributed by atoms with van der Waals surface area (Å²) >= 11 is 0. The van der Waals surface area contributed by atoms with E-state index in [1.165, 1.54) is 19.1 Å². The highest BCUT2D eigenvalue weighted by Gasteiger charge is 2.36. The number of hydrogen-bond donors (Lipinski definition) is 0. The zero-order chi connectivity index (χ0) is 20.7. The van der Waals surface area contributed by atoms with E-state index in [2.05, 4.69) is 6.58 Å². The van der Waals surface area contributed by atoms with Crippen molar-refractivity contribution >= 4 is 18.0 Å². The van der Waals surface area contributed by atoms with Crippen LogP contribution in [-0.4, -0.2) is 57.9 Å². The number of amides is 1. The first-order valence-electron chi connectivity index (χ1n) is 8.72. The minimum atomic E-state index is -0.560. The number of rotatable bonds is 9. The van der Waals surface area contributed by atoms with Crippen molar-refractivity contribution in [2.75, 3.05) is 41.1 Å². The van der Waals surface area contributed by atoms with Crippen molar-refractivity contribution in [3.05, 3.63) is 53.3 Å². The average molecular weight is 387 g/mol. The summed E-state index contributed by atoms with van der Waals surface area (Å²) in [6, 6.07) is 5.26. The number of benzene rings is 1. The van der Waals surface area contributed by atoms with E-state index in [4.69, 9.17) is 18.9 Å². The molecule has 1 aliphatic heterocycles. The molecule has 0 radical (unpaired) electrons. The lowest BCUT2D eigenvalue weighted by atomic mass is 10.0. The normalized spacial score (nSPS) is 15.2. The van der Waals surface area contributed by atoms with Gasteiger partial charge in [-0.1, -0.05) is 18.7 Å². The van der Waals surface area contributed by atoms with Crippen molar-refractivity contribution in [2.24, 2.45) is 0 Å². The molecular weight excluding hydrogens is 362 g/mol. The highest BCUT2D eigenvalue weighted by Crippen LogP contribution is 2.33. The van der Waals surface area contributed by atoms with Crippen LogP contribution in [0.15, 0.2) is 47.7 Å². The number of methoxy groups -OCH3 is 3. The lowest BCUT2D eigenvalue weighted by molar-refractivity contribution is -0.136. The van der Waals surface area contributed by atoms with Gasteiger partial charge in [-0.3, -0.25) is 4.79 Å². The fraction of sp³-hybridized carbons (Fsp3) is 0.333. The lowest BCUT2D eigenvalue weighted by Crippen LogP contribution is -2.28. The van der Waals surface area contributed by atoms with Crippen molar-refractivity contribution in [3.8, 4) is 11.5 Å². The molecule has 0 saturated carbocycles. The second-order valence-corrected chi connectivity index (χ2v) is 5.97. The van der Waals surface area contributed by atoms with E-state index in [9.17, 15) is 9.59 Å². The summed E-state index contributed by atoms with van der Waals surface area (Å²) < 4.78 is 20.8. The van der Waals surface area contributed by atoms with Gasteiger partial charge in [0, 0.05) is 19.4 Å². The molecule has 1 amide bonds. The van der Waals surface area contributed by atoms with E-state index in [1.54, 1.807) is 44.4 Å². The Morgan fingerprint density at radius 1 is 1.21 bits per heavy atom. The summed E-state index contributed by atoms with van der Waals surface area (Å²) in [6.45, 7) is 6.38.